The molecule has 0 aliphatic carbocycles. The summed E-state index contributed by atoms with van der Waals surface area (Å²) in [4.78, 5) is 0. The van der Waals surface area contributed by atoms with E-state index >= 15 is 0 Å². The Morgan fingerprint density at radius 1 is 0.909 bits per heavy atom. The number of quaternary nitrogens is 1. The Hall–Kier alpha value is -0.0800. The van der Waals surface area contributed by atoms with Crippen molar-refractivity contribution in [3.8, 4) is 0 Å². The molecule has 11 heavy (non-hydrogen) atoms. The Balaban J connectivity index is 0.000001000. The number of nitrogens with two attached hydrogens (primary N) is 1. The van der Waals surface area contributed by atoms with E-state index in [0.717, 1.165) is 0 Å². The average molecular weight is 159 g/mol. The lowest BCUT2D eigenvalue weighted by molar-refractivity contribution is -0.787. The molecule has 1 saturated heterocycles. The number of hydrogen-bond donors (Lipinski definition) is 1. The molecule has 1 aliphatic heterocycles. The normalized spacial score (nSPS) is 27.3. The van der Waals surface area contributed by atoms with Crippen LogP contribution < -0.4 is 5.32 Å². The summed E-state index contributed by atoms with van der Waals surface area (Å²) in [6.45, 7) is 9.36. The van der Waals surface area contributed by atoms with Crippen LogP contribution in [0, 0.1) is 0 Å². The molecule has 0 radical (unpaired) electrons. The monoisotopic (exact) mass is 159 g/mol. The van der Waals surface area contributed by atoms with Crippen LogP contribution in [-0.2, 0) is 0 Å². The molecule has 3 N–H and O–H groups in total. The highest BCUT2D eigenvalue weighted by molar-refractivity contribution is 4.77. The zero-order valence-electron chi connectivity index (χ0n) is 8.15. The molecule has 1 rings (SSSR count). The Kier molecular flexibility index (Phi) is 3.09. The van der Waals surface area contributed by atoms with Crippen LogP contribution in [0.2, 0.25) is 0 Å². The zero-order chi connectivity index (χ0) is 7.83. The molecule has 1 heterocycles. The van der Waals surface area contributed by atoms with Crippen molar-refractivity contribution in [1.82, 2.24) is 0 Å². The van der Waals surface area contributed by atoms with Gasteiger partial charge in [0.25, 0.3) is 0 Å². The van der Waals surface area contributed by atoms with Crippen molar-refractivity contribution in [1.29, 1.82) is 0 Å². The van der Waals surface area contributed by atoms with E-state index in [1.165, 1.54) is 19.3 Å². The smallest absolute Gasteiger partial charge is 0.0908 e. The SMILES string of the molecule is CC1(C)CCCC(C)(C)[NH2+]1.[OH-]. The van der Waals surface area contributed by atoms with E-state index in [4.69, 9.17) is 0 Å². The minimum absolute atomic E-state index is 0. The van der Waals surface area contributed by atoms with E-state index in [1.807, 2.05) is 0 Å². The number of rotatable bonds is 0. The minimum atomic E-state index is 0. The van der Waals surface area contributed by atoms with Crippen LogP contribution in [0.1, 0.15) is 47.0 Å². The van der Waals surface area contributed by atoms with Gasteiger partial charge in [0.2, 0.25) is 0 Å². The van der Waals surface area contributed by atoms with Crippen LogP contribution in [0.3, 0.4) is 0 Å². The predicted molar refractivity (Wildman–Crippen MR) is 45.9 cm³/mol. The summed E-state index contributed by atoms with van der Waals surface area (Å²) in [7, 11) is 0. The Labute approximate surface area is 69.7 Å². The Bertz CT molecular complexity index is 116. The summed E-state index contributed by atoms with van der Waals surface area (Å²) in [5.41, 5.74) is 0.976. The van der Waals surface area contributed by atoms with E-state index in [9.17, 15) is 0 Å². The van der Waals surface area contributed by atoms with E-state index in [0.29, 0.717) is 11.1 Å². The van der Waals surface area contributed by atoms with Gasteiger partial charge >= 0.3 is 0 Å². The Morgan fingerprint density at radius 3 is 1.45 bits per heavy atom. The van der Waals surface area contributed by atoms with Crippen LogP contribution in [0.5, 0.6) is 0 Å². The molecule has 0 bridgehead atoms. The topological polar surface area (TPSA) is 46.6 Å². The molecular weight excluding hydrogens is 138 g/mol. The van der Waals surface area contributed by atoms with Crippen LogP contribution in [0.4, 0.5) is 0 Å². The van der Waals surface area contributed by atoms with Crippen LogP contribution in [0.25, 0.3) is 0 Å². The maximum absolute atomic E-state index is 2.52. The fraction of sp³-hybridized carbons (Fsp3) is 1.00. The zero-order valence-corrected chi connectivity index (χ0v) is 8.15. The highest BCUT2D eigenvalue weighted by Gasteiger charge is 2.35. The summed E-state index contributed by atoms with van der Waals surface area (Å²) >= 11 is 0. The van der Waals surface area contributed by atoms with Crippen molar-refractivity contribution in [3.05, 3.63) is 0 Å². The van der Waals surface area contributed by atoms with E-state index < -0.39 is 0 Å². The third-order valence-electron chi connectivity index (χ3n) is 2.42. The molecule has 0 amide bonds. The second kappa shape index (κ2) is 3.11. The number of piperidine rings is 1. The summed E-state index contributed by atoms with van der Waals surface area (Å²) in [6, 6.07) is 0. The van der Waals surface area contributed by atoms with Crippen LogP contribution in [0.15, 0.2) is 0 Å². The summed E-state index contributed by atoms with van der Waals surface area (Å²) < 4.78 is 0. The van der Waals surface area contributed by atoms with E-state index in [1.54, 1.807) is 0 Å². The molecule has 0 aromatic rings. The third-order valence-corrected chi connectivity index (χ3v) is 2.42. The molecule has 1 fully saturated rings. The van der Waals surface area contributed by atoms with Crippen molar-refractivity contribution >= 4 is 0 Å². The summed E-state index contributed by atoms with van der Waals surface area (Å²) in [5.74, 6) is 0. The molecule has 0 saturated carbocycles. The van der Waals surface area contributed by atoms with Crippen molar-refractivity contribution in [3.63, 3.8) is 0 Å². The first kappa shape index (κ1) is 10.9. The van der Waals surface area contributed by atoms with Gasteiger partial charge in [-0.25, -0.2) is 0 Å². The van der Waals surface area contributed by atoms with Gasteiger partial charge in [0.1, 0.15) is 0 Å². The van der Waals surface area contributed by atoms with Crippen LogP contribution >= 0.6 is 0 Å². The first-order valence-corrected chi connectivity index (χ1v) is 4.28. The molecule has 0 spiro atoms. The molecule has 0 aromatic carbocycles. The maximum atomic E-state index is 2.52. The molecule has 2 heteroatoms. The van der Waals surface area contributed by atoms with Gasteiger partial charge in [-0.3, -0.25) is 0 Å². The highest BCUT2D eigenvalue weighted by Crippen LogP contribution is 2.20. The fourth-order valence-electron chi connectivity index (χ4n) is 2.20. The van der Waals surface area contributed by atoms with E-state index in [2.05, 4.69) is 33.0 Å². The lowest BCUT2D eigenvalue weighted by Gasteiger charge is -2.38. The minimum Gasteiger partial charge on any atom is -0.870 e. The predicted octanol–water partition coefficient (Wildman–Crippen LogP) is 1.11. The highest BCUT2D eigenvalue weighted by atomic mass is 16.0. The van der Waals surface area contributed by atoms with Crippen molar-refractivity contribution in [2.24, 2.45) is 0 Å². The van der Waals surface area contributed by atoms with Gasteiger partial charge in [0, 0.05) is 12.8 Å². The molecule has 1 aliphatic rings. The average Bonchev–Trinajstić information content (AvgIpc) is 1.56. The summed E-state index contributed by atoms with van der Waals surface area (Å²) in [5, 5.41) is 2.52. The Morgan fingerprint density at radius 2 is 1.27 bits per heavy atom. The lowest BCUT2D eigenvalue weighted by Crippen LogP contribution is -3.04. The molecule has 2 nitrogen and oxygen atoms in total. The van der Waals surface area contributed by atoms with Crippen molar-refractivity contribution in [2.75, 3.05) is 0 Å². The molecular formula is C9H21NO. The van der Waals surface area contributed by atoms with Gasteiger partial charge in [0.15, 0.2) is 0 Å². The van der Waals surface area contributed by atoms with Crippen molar-refractivity contribution in [2.45, 2.75) is 58.0 Å². The van der Waals surface area contributed by atoms with Gasteiger partial charge < -0.3 is 10.8 Å². The summed E-state index contributed by atoms with van der Waals surface area (Å²) in [6.07, 6.45) is 4.14. The second-order valence-corrected chi connectivity index (χ2v) is 4.98. The lowest BCUT2D eigenvalue weighted by atomic mass is 9.83. The van der Waals surface area contributed by atoms with Crippen molar-refractivity contribution < 1.29 is 10.8 Å². The van der Waals surface area contributed by atoms with Crippen LogP contribution in [-0.4, -0.2) is 16.6 Å². The van der Waals surface area contributed by atoms with Gasteiger partial charge in [-0.2, -0.15) is 0 Å². The van der Waals surface area contributed by atoms with E-state index in [-0.39, 0.29) is 5.48 Å². The molecule has 0 aromatic heterocycles. The van der Waals surface area contributed by atoms with Gasteiger partial charge in [0.05, 0.1) is 11.1 Å². The van der Waals surface area contributed by atoms with Gasteiger partial charge in [-0.15, -0.1) is 0 Å². The molecule has 0 atom stereocenters. The number of hydrogen-bond acceptors (Lipinski definition) is 1. The van der Waals surface area contributed by atoms with Gasteiger partial charge in [-0.1, -0.05) is 0 Å². The maximum Gasteiger partial charge on any atom is 0.0908 e. The largest absolute Gasteiger partial charge is 0.870 e. The first-order chi connectivity index (χ1) is 4.41. The quantitative estimate of drug-likeness (QED) is 0.565. The molecule has 0 unspecified atom stereocenters. The third kappa shape index (κ3) is 3.21. The second-order valence-electron chi connectivity index (χ2n) is 4.98. The molecule has 68 valence electrons. The first-order valence-electron chi connectivity index (χ1n) is 4.28. The standard InChI is InChI=1S/C9H19N.H2O/c1-8(2)6-5-7-9(3,4)10-8;/h10H,5-7H2,1-4H3;1H2. The van der Waals surface area contributed by atoms with Gasteiger partial charge in [-0.05, 0) is 34.1 Å². The fourth-order valence-corrected chi connectivity index (χ4v) is 2.20.